The van der Waals surface area contributed by atoms with Crippen molar-refractivity contribution in [1.82, 2.24) is 5.32 Å². The molecule has 0 radical (unpaired) electrons. The van der Waals surface area contributed by atoms with E-state index in [9.17, 15) is 15.3 Å². The number of phenolic OH excluding ortho intramolecular Hbond substituents is 3. The zero-order chi connectivity index (χ0) is 13.1. The molecule has 2 rings (SSSR count). The standard InChI is InChI=1S/C14H21NO3/c1-9(10-4-2-3-5-10)15-8-11-6-7-12(16)14(18)13(11)17/h6-7,9-10,15-18H,2-5,8H2,1H3. The van der Waals surface area contributed by atoms with Gasteiger partial charge in [-0.05, 0) is 31.7 Å². The van der Waals surface area contributed by atoms with Crippen molar-refractivity contribution in [2.45, 2.75) is 45.2 Å². The summed E-state index contributed by atoms with van der Waals surface area (Å²) in [6.45, 7) is 2.66. The quantitative estimate of drug-likeness (QED) is 0.620. The van der Waals surface area contributed by atoms with Crippen LogP contribution in [0, 0.1) is 5.92 Å². The van der Waals surface area contributed by atoms with Crippen LogP contribution in [0.5, 0.6) is 17.2 Å². The van der Waals surface area contributed by atoms with Gasteiger partial charge in [0.05, 0.1) is 0 Å². The van der Waals surface area contributed by atoms with Crippen LogP contribution < -0.4 is 5.32 Å². The van der Waals surface area contributed by atoms with Crippen molar-refractivity contribution in [1.29, 1.82) is 0 Å². The largest absolute Gasteiger partial charge is 0.504 e. The van der Waals surface area contributed by atoms with E-state index < -0.39 is 5.75 Å². The van der Waals surface area contributed by atoms with Crippen molar-refractivity contribution in [2.75, 3.05) is 0 Å². The molecule has 100 valence electrons. The van der Waals surface area contributed by atoms with Crippen molar-refractivity contribution >= 4 is 0 Å². The van der Waals surface area contributed by atoms with Crippen LogP contribution in [0.4, 0.5) is 0 Å². The molecule has 0 heterocycles. The second kappa shape index (κ2) is 5.48. The molecular formula is C14H21NO3. The Labute approximate surface area is 107 Å². The van der Waals surface area contributed by atoms with Crippen LogP contribution in [0.1, 0.15) is 38.2 Å². The summed E-state index contributed by atoms with van der Waals surface area (Å²) in [5.74, 6) is -0.262. The predicted octanol–water partition coefficient (Wildman–Crippen LogP) is 2.47. The highest BCUT2D eigenvalue weighted by molar-refractivity contribution is 5.52. The monoisotopic (exact) mass is 251 g/mol. The average Bonchev–Trinajstić information content (AvgIpc) is 2.89. The van der Waals surface area contributed by atoms with Crippen LogP contribution in [0.25, 0.3) is 0 Å². The van der Waals surface area contributed by atoms with Gasteiger partial charge in [-0.1, -0.05) is 18.9 Å². The Morgan fingerprint density at radius 1 is 1.17 bits per heavy atom. The molecule has 4 nitrogen and oxygen atoms in total. The number of hydrogen-bond acceptors (Lipinski definition) is 4. The van der Waals surface area contributed by atoms with E-state index in [0.29, 0.717) is 24.1 Å². The maximum Gasteiger partial charge on any atom is 0.200 e. The van der Waals surface area contributed by atoms with E-state index >= 15 is 0 Å². The molecule has 0 amide bonds. The summed E-state index contributed by atoms with van der Waals surface area (Å²) in [5.41, 5.74) is 0.607. The van der Waals surface area contributed by atoms with E-state index in [-0.39, 0.29) is 11.5 Å². The fourth-order valence-corrected chi connectivity index (χ4v) is 2.65. The highest BCUT2D eigenvalue weighted by Gasteiger charge is 2.21. The molecule has 1 fully saturated rings. The molecule has 0 bridgehead atoms. The fraction of sp³-hybridized carbons (Fsp3) is 0.571. The molecule has 1 unspecified atom stereocenters. The Hall–Kier alpha value is -1.42. The van der Waals surface area contributed by atoms with Crippen LogP contribution in [0.15, 0.2) is 12.1 Å². The molecular weight excluding hydrogens is 230 g/mol. The first kappa shape index (κ1) is 13.0. The zero-order valence-corrected chi connectivity index (χ0v) is 10.7. The van der Waals surface area contributed by atoms with Gasteiger partial charge < -0.3 is 20.6 Å². The third kappa shape index (κ3) is 2.70. The Bertz CT molecular complexity index is 414. The smallest absolute Gasteiger partial charge is 0.200 e. The minimum absolute atomic E-state index is 0.235. The second-order valence-corrected chi connectivity index (χ2v) is 5.16. The number of benzene rings is 1. The second-order valence-electron chi connectivity index (χ2n) is 5.16. The lowest BCUT2D eigenvalue weighted by atomic mass is 9.99. The third-order valence-corrected chi connectivity index (χ3v) is 3.93. The van der Waals surface area contributed by atoms with Gasteiger partial charge in [-0.15, -0.1) is 0 Å². The molecule has 1 aromatic rings. The number of nitrogens with one attached hydrogen (secondary N) is 1. The number of hydrogen-bond donors (Lipinski definition) is 4. The third-order valence-electron chi connectivity index (χ3n) is 3.93. The summed E-state index contributed by atoms with van der Waals surface area (Å²) in [5, 5.41) is 31.8. The van der Waals surface area contributed by atoms with E-state index in [0.717, 1.165) is 0 Å². The van der Waals surface area contributed by atoms with Crippen molar-refractivity contribution in [3.63, 3.8) is 0 Å². The topological polar surface area (TPSA) is 72.7 Å². The highest BCUT2D eigenvalue weighted by atomic mass is 16.3. The van der Waals surface area contributed by atoms with Gasteiger partial charge in [-0.25, -0.2) is 0 Å². The zero-order valence-electron chi connectivity index (χ0n) is 10.7. The van der Waals surface area contributed by atoms with Crippen LogP contribution in [0.3, 0.4) is 0 Å². The first-order valence-corrected chi connectivity index (χ1v) is 6.55. The first-order valence-electron chi connectivity index (χ1n) is 6.55. The molecule has 0 aliphatic heterocycles. The lowest BCUT2D eigenvalue weighted by molar-refractivity contribution is 0.355. The van der Waals surface area contributed by atoms with Gasteiger partial charge in [-0.2, -0.15) is 0 Å². The summed E-state index contributed by atoms with van der Waals surface area (Å²) < 4.78 is 0. The van der Waals surface area contributed by atoms with Crippen LogP contribution in [-0.4, -0.2) is 21.4 Å². The molecule has 4 heteroatoms. The lowest BCUT2D eigenvalue weighted by Crippen LogP contribution is -2.31. The van der Waals surface area contributed by atoms with Crippen LogP contribution in [0.2, 0.25) is 0 Å². The molecule has 0 spiro atoms. The molecule has 1 aromatic carbocycles. The maximum atomic E-state index is 9.71. The minimum atomic E-state index is -0.442. The highest BCUT2D eigenvalue weighted by Crippen LogP contribution is 2.37. The summed E-state index contributed by atoms with van der Waals surface area (Å²) in [6, 6.07) is 3.42. The predicted molar refractivity (Wildman–Crippen MR) is 69.7 cm³/mol. The van der Waals surface area contributed by atoms with Gasteiger partial charge in [0.15, 0.2) is 11.5 Å². The van der Waals surface area contributed by atoms with Crippen molar-refractivity contribution < 1.29 is 15.3 Å². The van der Waals surface area contributed by atoms with Crippen LogP contribution >= 0.6 is 0 Å². The molecule has 1 saturated carbocycles. The van der Waals surface area contributed by atoms with Gasteiger partial charge in [0, 0.05) is 18.2 Å². The number of rotatable bonds is 4. The molecule has 0 saturated heterocycles. The maximum absolute atomic E-state index is 9.71. The normalized spacial score (nSPS) is 18.1. The SMILES string of the molecule is CC(NCc1ccc(O)c(O)c1O)C1CCCC1. The van der Waals surface area contributed by atoms with Crippen molar-refractivity contribution in [2.24, 2.45) is 5.92 Å². The van der Waals surface area contributed by atoms with Crippen LogP contribution in [-0.2, 0) is 6.54 Å². The summed E-state index contributed by atoms with van der Waals surface area (Å²) in [6.07, 6.45) is 5.14. The summed E-state index contributed by atoms with van der Waals surface area (Å²) >= 11 is 0. The van der Waals surface area contributed by atoms with Gasteiger partial charge in [-0.3, -0.25) is 0 Å². The van der Waals surface area contributed by atoms with Gasteiger partial charge in [0.2, 0.25) is 5.75 Å². The van der Waals surface area contributed by atoms with Gasteiger partial charge in [0.1, 0.15) is 0 Å². The van der Waals surface area contributed by atoms with E-state index in [4.69, 9.17) is 0 Å². The Kier molecular flexibility index (Phi) is 3.97. The Morgan fingerprint density at radius 3 is 2.50 bits per heavy atom. The molecule has 0 aromatic heterocycles. The number of phenols is 3. The Morgan fingerprint density at radius 2 is 1.83 bits per heavy atom. The molecule has 18 heavy (non-hydrogen) atoms. The summed E-state index contributed by atoms with van der Waals surface area (Å²) in [7, 11) is 0. The molecule has 1 atom stereocenters. The average molecular weight is 251 g/mol. The number of aromatic hydroxyl groups is 3. The molecule has 1 aliphatic carbocycles. The van der Waals surface area contributed by atoms with E-state index in [1.54, 1.807) is 6.07 Å². The van der Waals surface area contributed by atoms with Crippen molar-refractivity contribution in [3.05, 3.63) is 17.7 Å². The molecule has 4 N–H and O–H groups in total. The lowest BCUT2D eigenvalue weighted by Gasteiger charge is -2.20. The summed E-state index contributed by atoms with van der Waals surface area (Å²) in [4.78, 5) is 0. The Balaban J connectivity index is 1.95. The fourth-order valence-electron chi connectivity index (χ4n) is 2.65. The van der Waals surface area contributed by atoms with Crippen molar-refractivity contribution in [3.8, 4) is 17.2 Å². The molecule has 1 aliphatic rings. The van der Waals surface area contributed by atoms with E-state index in [2.05, 4.69) is 12.2 Å². The van der Waals surface area contributed by atoms with Gasteiger partial charge in [0.25, 0.3) is 0 Å². The first-order chi connectivity index (χ1) is 8.59. The van der Waals surface area contributed by atoms with E-state index in [1.807, 2.05) is 0 Å². The minimum Gasteiger partial charge on any atom is -0.504 e. The van der Waals surface area contributed by atoms with Gasteiger partial charge >= 0.3 is 0 Å². The van der Waals surface area contributed by atoms with E-state index in [1.165, 1.54) is 31.7 Å².